The van der Waals surface area contributed by atoms with Gasteiger partial charge < -0.3 is 4.90 Å². The first-order chi connectivity index (χ1) is 8.84. The summed E-state index contributed by atoms with van der Waals surface area (Å²) in [4.78, 5) is 26.3. The van der Waals surface area contributed by atoms with Gasteiger partial charge in [0, 0.05) is 23.7 Å². The first-order valence-electron chi connectivity index (χ1n) is 6.33. The molecule has 104 valence electrons. The molecule has 5 heteroatoms. The number of rotatable bonds is 3. The van der Waals surface area contributed by atoms with E-state index in [1.807, 2.05) is 32.2 Å². The van der Waals surface area contributed by atoms with Gasteiger partial charge in [-0.2, -0.15) is 0 Å². The van der Waals surface area contributed by atoms with Crippen molar-refractivity contribution in [1.82, 2.24) is 0 Å². The molecule has 0 saturated carbocycles. The van der Waals surface area contributed by atoms with Gasteiger partial charge in [0.25, 0.3) is 0 Å². The maximum absolute atomic E-state index is 12.4. The number of nitrogens with zero attached hydrogens (tertiary/aromatic N) is 1. The molecule has 1 aromatic heterocycles. The molecule has 0 aromatic carbocycles. The van der Waals surface area contributed by atoms with Gasteiger partial charge in [-0.15, -0.1) is 11.3 Å². The minimum atomic E-state index is -0.423. The topological polar surface area (TPSA) is 37.4 Å². The van der Waals surface area contributed by atoms with E-state index in [1.165, 1.54) is 11.3 Å². The second-order valence-corrected chi connectivity index (χ2v) is 7.49. The van der Waals surface area contributed by atoms with Gasteiger partial charge in [0.15, 0.2) is 5.78 Å². The van der Waals surface area contributed by atoms with E-state index in [4.69, 9.17) is 0 Å². The molecule has 1 fully saturated rings. The number of ketones is 1. The molecule has 1 aliphatic heterocycles. The number of Topliss-reactive ketones (excluding diaryl/α,β-unsaturated/α-hetero) is 1. The predicted octanol–water partition coefficient (Wildman–Crippen LogP) is 3.72. The molecular weight excluding hydrogens is 326 g/mol. The van der Waals surface area contributed by atoms with Crippen LogP contribution in [0.15, 0.2) is 11.4 Å². The fraction of sp³-hybridized carbons (Fsp3) is 0.571. The van der Waals surface area contributed by atoms with Gasteiger partial charge >= 0.3 is 0 Å². The summed E-state index contributed by atoms with van der Waals surface area (Å²) < 4.78 is 0. The van der Waals surface area contributed by atoms with Gasteiger partial charge in [-0.25, -0.2) is 0 Å². The van der Waals surface area contributed by atoms with Crippen LogP contribution in [0.1, 0.15) is 37.6 Å². The number of halogens is 1. The van der Waals surface area contributed by atoms with Crippen LogP contribution in [0.2, 0.25) is 0 Å². The molecule has 1 atom stereocenters. The van der Waals surface area contributed by atoms with Crippen LogP contribution in [0.3, 0.4) is 0 Å². The van der Waals surface area contributed by atoms with E-state index < -0.39 is 5.41 Å². The molecule has 0 aliphatic carbocycles. The van der Waals surface area contributed by atoms with Crippen LogP contribution in [0, 0.1) is 11.3 Å². The van der Waals surface area contributed by atoms with Crippen LogP contribution in [0.4, 0.5) is 5.00 Å². The lowest BCUT2D eigenvalue weighted by molar-refractivity contribution is -0.117. The minimum Gasteiger partial charge on any atom is -0.303 e. The van der Waals surface area contributed by atoms with Gasteiger partial charge in [-0.05, 0) is 17.4 Å². The molecule has 3 nitrogen and oxygen atoms in total. The molecule has 0 bridgehead atoms. The summed E-state index contributed by atoms with van der Waals surface area (Å²) >= 11 is 4.91. The first kappa shape index (κ1) is 14.7. The van der Waals surface area contributed by atoms with Crippen LogP contribution in [-0.2, 0) is 4.79 Å². The largest absolute Gasteiger partial charge is 0.303 e. The molecule has 1 amide bonds. The molecule has 1 aromatic rings. The Labute approximate surface area is 126 Å². The van der Waals surface area contributed by atoms with Crippen molar-refractivity contribution in [2.45, 2.75) is 27.2 Å². The van der Waals surface area contributed by atoms with Gasteiger partial charge in [0.2, 0.25) is 5.91 Å². The van der Waals surface area contributed by atoms with E-state index in [0.717, 1.165) is 10.3 Å². The highest BCUT2D eigenvalue weighted by Gasteiger charge is 2.34. The lowest BCUT2D eigenvalue weighted by Gasteiger charge is -2.20. The van der Waals surface area contributed by atoms with E-state index >= 15 is 0 Å². The van der Waals surface area contributed by atoms with E-state index in [-0.39, 0.29) is 11.7 Å². The third kappa shape index (κ3) is 2.92. The standard InChI is InChI=1S/C14H18BrNO2S/c1-14(2,3)12(18)10-4-5-19-13(10)16-8-9(7-15)6-11(16)17/h4-5,9H,6-8H2,1-3H3. The van der Waals surface area contributed by atoms with E-state index in [0.29, 0.717) is 24.4 Å². The number of anilines is 1. The van der Waals surface area contributed by atoms with Crippen molar-refractivity contribution in [3.8, 4) is 0 Å². The number of carbonyl (C=O) groups is 2. The molecule has 1 aliphatic rings. The average molecular weight is 344 g/mol. The number of amides is 1. The highest BCUT2D eigenvalue weighted by atomic mass is 79.9. The highest BCUT2D eigenvalue weighted by molar-refractivity contribution is 9.09. The quantitative estimate of drug-likeness (QED) is 0.619. The number of alkyl halides is 1. The summed E-state index contributed by atoms with van der Waals surface area (Å²) in [6, 6.07) is 1.84. The molecule has 0 N–H and O–H groups in total. The van der Waals surface area contributed by atoms with Crippen LogP contribution < -0.4 is 4.90 Å². The predicted molar refractivity (Wildman–Crippen MR) is 82.4 cm³/mol. The summed E-state index contributed by atoms with van der Waals surface area (Å²) in [5.41, 5.74) is 0.258. The molecule has 19 heavy (non-hydrogen) atoms. The van der Waals surface area contributed by atoms with Crippen molar-refractivity contribution in [2.24, 2.45) is 11.3 Å². The fourth-order valence-corrected chi connectivity index (χ4v) is 3.53. The molecular formula is C14H18BrNO2S. The monoisotopic (exact) mass is 343 g/mol. The third-order valence-electron chi connectivity index (χ3n) is 3.24. The van der Waals surface area contributed by atoms with Crippen molar-refractivity contribution < 1.29 is 9.59 Å². The average Bonchev–Trinajstić information content (AvgIpc) is 2.92. The van der Waals surface area contributed by atoms with Crippen LogP contribution in [0.25, 0.3) is 0 Å². The SMILES string of the molecule is CC(C)(C)C(=O)c1ccsc1N1CC(CBr)CC1=O. The Morgan fingerprint density at radius 3 is 2.74 bits per heavy atom. The maximum atomic E-state index is 12.4. The Balaban J connectivity index is 2.31. The number of thiophene rings is 1. The second-order valence-electron chi connectivity index (χ2n) is 5.95. The Morgan fingerprint density at radius 2 is 2.21 bits per heavy atom. The summed E-state index contributed by atoms with van der Waals surface area (Å²) in [5.74, 6) is 0.556. The van der Waals surface area contributed by atoms with E-state index in [1.54, 1.807) is 4.90 Å². The Hall–Kier alpha value is -0.680. The summed E-state index contributed by atoms with van der Waals surface area (Å²) in [6.45, 7) is 6.42. The maximum Gasteiger partial charge on any atom is 0.227 e. The van der Waals surface area contributed by atoms with Crippen molar-refractivity contribution in [2.75, 3.05) is 16.8 Å². The molecule has 1 unspecified atom stereocenters. The number of carbonyl (C=O) groups excluding carboxylic acids is 2. The molecule has 0 radical (unpaired) electrons. The Kier molecular flexibility index (Phi) is 4.16. The van der Waals surface area contributed by atoms with Gasteiger partial charge in [0.1, 0.15) is 5.00 Å². The number of hydrogen-bond acceptors (Lipinski definition) is 3. The van der Waals surface area contributed by atoms with Gasteiger partial charge in [-0.3, -0.25) is 9.59 Å². The first-order valence-corrected chi connectivity index (χ1v) is 8.33. The smallest absolute Gasteiger partial charge is 0.227 e. The van der Waals surface area contributed by atoms with Crippen molar-refractivity contribution in [3.63, 3.8) is 0 Å². The molecule has 2 heterocycles. The zero-order chi connectivity index (χ0) is 14.2. The minimum absolute atomic E-state index is 0.0962. The lowest BCUT2D eigenvalue weighted by Crippen LogP contribution is -2.27. The van der Waals surface area contributed by atoms with Crippen molar-refractivity contribution in [3.05, 3.63) is 17.0 Å². The lowest BCUT2D eigenvalue weighted by atomic mass is 9.87. The normalized spacial score (nSPS) is 20.1. The van der Waals surface area contributed by atoms with Crippen LogP contribution >= 0.6 is 27.3 Å². The van der Waals surface area contributed by atoms with Gasteiger partial charge in [-0.1, -0.05) is 36.7 Å². The number of hydrogen-bond donors (Lipinski definition) is 0. The summed E-state index contributed by atoms with van der Waals surface area (Å²) in [7, 11) is 0. The molecule has 0 spiro atoms. The van der Waals surface area contributed by atoms with Gasteiger partial charge in [0.05, 0.1) is 5.56 Å². The van der Waals surface area contributed by atoms with E-state index in [2.05, 4.69) is 15.9 Å². The zero-order valence-corrected chi connectivity index (χ0v) is 13.8. The van der Waals surface area contributed by atoms with E-state index in [9.17, 15) is 9.59 Å². The Morgan fingerprint density at radius 1 is 1.53 bits per heavy atom. The second kappa shape index (κ2) is 5.37. The van der Waals surface area contributed by atoms with Crippen molar-refractivity contribution in [1.29, 1.82) is 0 Å². The zero-order valence-electron chi connectivity index (χ0n) is 11.4. The molecule has 1 saturated heterocycles. The van der Waals surface area contributed by atoms with Crippen molar-refractivity contribution >= 4 is 44.0 Å². The van der Waals surface area contributed by atoms with Crippen LogP contribution in [-0.4, -0.2) is 23.6 Å². The molecule has 2 rings (SSSR count). The Bertz CT molecular complexity index is 504. The summed E-state index contributed by atoms with van der Waals surface area (Å²) in [5, 5.41) is 3.53. The fourth-order valence-electron chi connectivity index (χ4n) is 2.17. The highest BCUT2D eigenvalue weighted by Crippen LogP contribution is 2.36. The summed E-state index contributed by atoms with van der Waals surface area (Å²) in [6.07, 6.45) is 0.562. The van der Waals surface area contributed by atoms with Crippen LogP contribution in [0.5, 0.6) is 0 Å². The third-order valence-corrected chi connectivity index (χ3v) is 5.09.